The van der Waals surface area contributed by atoms with Crippen molar-refractivity contribution in [3.63, 3.8) is 0 Å². The fourth-order valence-electron chi connectivity index (χ4n) is 3.12. The highest BCUT2D eigenvalue weighted by atomic mass is 32.1. The van der Waals surface area contributed by atoms with Crippen molar-refractivity contribution in [2.45, 2.75) is 32.7 Å². The Labute approximate surface area is 167 Å². The standard InChI is InChI=1S/C21H24N2O4S/c1-13(2)23-16-8-7-15(12-19(16)28-21(23)25)22-20(24)10-6-14-5-9-17(26-3)18(11-14)27-4/h5,7-9,11-13H,6,10H2,1-4H3,(H,22,24). The maximum Gasteiger partial charge on any atom is 0.308 e. The molecule has 0 aliphatic rings. The van der Waals surface area contributed by atoms with Gasteiger partial charge in [-0.1, -0.05) is 17.4 Å². The van der Waals surface area contributed by atoms with E-state index in [0.29, 0.717) is 30.0 Å². The average Bonchev–Trinajstić information content (AvgIpc) is 3.01. The predicted octanol–water partition coefficient (Wildman–Crippen LogP) is 4.23. The Morgan fingerprint density at radius 2 is 1.86 bits per heavy atom. The molecule has 0 spiro atoms. The van der Waals surface area contributed by atoms with Gasteiger partial charge < -0.3 is 14.8 Å². The van der Waals surface area contributed by atoms with Gasteiger partial charge in [-0.3, -0.25) is 14.2 Å². The zero-order valence-electron chi connectivity index (χ0n) is 16.4. The third kappa shape index (κ3) is 4.20. The molecule has 1 amide bonds. The van der Waals surface area contributed by atoms with Crippen LogP contribution in [0.4, 0.5) is 5.69 Å². The molecule has 3 aromatic rings. The van der Waals surface area contributed by atoms with Gasteiger partial charge in [0.25, 0.3) is 0 Å². The summed E-state index contributed by atoms with van der Waals surface area (Å²) in [4.78, 5) is 24.5. The number of anilines is 1. The number of nitrogens with one attached hydrogen (secondary N) is 1. The number of carbonyl (C=O) groups excluding carboxylic acids is 1. The molecule has 0 fully saturated rings. The fourth-order valence-corrected chi connectivity index (χ4v) is 4.17. The van der Waals surface area contributed by atoms with Crippen LogP contribution in [-0.4, -0.2) is 24.7 Å². The Balaban J connectivity index is 1.67. The number of hydrogen-bond acceptors (Lipinski definition) is 5. The number of ether oxygens (including phenoxy) is 2. The van der Waals surface area contributed by atoms with Crippen molar-refractivity contribution in [1.82, 2.24) is 4.57 Å². The van der Waals surface area contributed by atoms with E-state index >= 15 is 0 Å². The molecule has 0 saturated heterocycles. The number of rotatable bonds is 7. The van der Waals surface area contributed by atoms with Gasteiger partial charge in [0.2, 0.25) is 5.91 Å². The van der Waals surface area contributed by atoms with Crippen LogP contribution in [-0.2, 0) is 11.2 Å². The highest BCUT2D eigenvalue weighted by molar-refractivity contribution is 7.16. The summed E-state index contributed by atoms with van der Waals surface area (Å²) in [7, 11) is 3.18. The molecule has 0 bridgehead atoms. The molecule has 0 atom stereocenters. The van der Waals surface area contributed by atoms with Crippen LogP contribution in [0.25, 0.3) is 10.2 Å². The summed E-state index contributed by atoms with van der Waals surface area (Å²) in [5, 5.41) is 2.91. The number of fused-ring (bicyclic) bond motifs is 1. The molecule has 6 nitrogen and oxygen atoms in total. The summed E-state index contributed by atoms with van der Waals surface area (Å²) in [6, 6.07) is 11.3. The second-order valence-electron chi connectivity index (χ2n) is 6.75. The van der Waals surface area contributed by atoms with Crippen LogP contribution in [0.15, 0.2) is 41.2 Å². The Kier molecular flexibility index (Phi) is 6.04. The van der Waals surface area contributed by atoms with E-state index in [4.69, 9.17) is 9.47 Å². The van der Waals surface area contributed by atoms with Crippen molar-refractivity contribution in [2.24, 2.45) is 0 Å². The molecule has 0 unspecified atom stereocenters. The first kappa shape index (κ1) is 19.9. The molecule has 1 aromatic heterocycles. The first-order chi connectivity index (χ1) is 13.4. The second-order valence-corrected chi connectivity index (χ2v) is 7.74. The zero-order valence-corrected chi connectivity index (χ0v) is 17.3. The smallest absolute Gasteiger partial charge is 0.308 e. The van der Waals surface area contributed by atoms with Crippen molar-refractivity contribution in [1.29, 1.82) is 0 Å². The molecule has 3 rings (SSSR count). The summed E-state index contributed by atoms with van der Waals surface area (Å²) in [6.45, 7) is 3.97. The van der Waals surface area contributed by atoms with Crippen LogP contribution in [0.3, 0.4) is 0 Å². The highest BCUT2D eigenvalue weighted by Gasteiger charge is 2.12. The lowest BCUT2D eigenvalue weighted by molar-refractivity contribution is -0.116. The highest BCUT2D eigenvalue weighted by Crippen LogP contribution is 2.28. The summed E-state index contributed by atoms with van der Waals surface area (Å²) in [6.07, 6.45) is 0.933. The van der Waals surface area contributed by atoms with E-state index in [-0.39, 0.29) is 16.8 Å². The van der Waals surface area contributed by atoms with Gasteiger partial charge in [0.15, 0.2) is 11.5 Å². The van der Waals surface area contributed by atoms with Crippen LogP contribution in [0.1, 0.15) is 31.9 Å². The second kappa shape index (κ2) is 8.48. The minimum absolute atomic E-state index is 0.0157. The predicted molar refractivity (Wildman–Crippen MR) is 113 cm³/mol. The number of aryl methyl sites for hydroxylation is 1. The van der Waals surface area contributed by atoms with Gasteiger partial charge in [-0.2, -0.15) is 0 Å². The van der Waals surface area contributed by atoms with Crippen LogP contribution >= 0.6 is 11.3 Å². The minimum atomic E-state index is -0.0789. The van der Waals surface area contributed by atoms with Crippen molar-refractivity contribution in [3.05, 3.63) is 51.6 Å². The SMILES string of the molecule is COc1ccc(CCC(=O)Nc2ccc3c(c2)sc(=O)n3C(C)C)cc1OC. The molecule has 148 valence electrons. The van der Waals surface area contributed by atoms with Gasteiger partial charge >= 0.3 is 4.87 Å². The van der Waals surface area contributed by atoms with E-state index in [1.807, 2.05) is 50.2 Å². The van der Waals surface area contributed by atoms with E-state index < -0.39 is 0 Å². The number of aromatic nitrogens is 1. The Hall–Kier alpha value is -2.80. The monoisotopic (exact) mass is 400 g/mol. The van der Waals surface area contributed by atoms with Crippen LogP contribution < -0.4 is 19.7 Å². The lowest BCUT2D eigenvalue weighted by Gasteiger charge is -2.10. The molecule has 0 radical (unpaired) electrons. The maximum atomic E-state index is 12.3. The topological polar surface area (TPSA) is 69.6 Å². The van der Waals surface area contributed by atoms with Crippen LogP contribution in [0, 0.1) is 0 Å². The molecule has 1 N–H and O–H groups in total. The molecule has 0 aliphatic carbocycles. The summed E-state index contributed by atoms with van der Waals surface area (Å²) in [5.41, 5.74) is 2.59. The lowest BCUT2D eigenvalue weighted by atomic mass is 10.1. The summed E-state index contributed by atoms with van der Waals surface area (Å²) >= 11 is 1.20. The lowest BCUT2D eigenvalue weighted by Crippen LogP contribution is -2.14. The summed E-state index contributed by atoms with van der Waals surface area (Å²) < 4.78 is 13.2. The number of methoxy groups -OCH3 is 2. The van der Waals surface area contributed by atoms with E-state index in [2.05, 4.69) is 5.32 Å². The van der Waals surface area contributed by atoms with Crippen LogP contribution in [0.2, 0.25) is 0 Å². The number of hydrogen-bond donors (Lipinski definition) is 1. The number of amides is 1. The van der Waals surface area contributed by atoms with Gasteiger partial charge in [-0.25, -0.2) is 0 Å². The van der Waals surface area contributed by atoms with Gasteiger partial charge in [0.05, 0.1) is 24.4 Å². The molecule has 7 heteroatoms. The largest absolute Gasteiger partial charge is 0.493 e. The van der Waals surface area contributed by atoms with Crippen molar-refractivity contribution in [2.75, 3.05) is 19.5 Å². The van der Waals surface area contributed by atoms with Crippen molar-refractivity contribution < 1.29 is 14.3 Å². The van der Waals surface area contributed by atoms with Gasteiger partial charge in [0, 0.05) is 18.2 Å². The molecular weight excluding hydrogens is 376 g/mol. The first-order valence-corrected chi connectivity index (χ1v) is 9.90. The quantitative estimate of drug-likeness (QED) is 0.644. The molecule has 2 aromatic carbocycles. The zero-order chi connectivity index (χ0) is 20.3. The fraction of sp³-hybridized carbons (Fsp3) is 0.333. The minimum Gasteiger partial charge on any atom is -0.493 e. The van der Waals surface area contributed by atoms with Crippen molar-refractivity contribution in [3.8, 4) is 11.5 Å². The van der Waals surface area contributed by atoms with Gasteiger partial charge in [-0.05, 0) is 56.2 Å². The van der Waals surface area contributed by atoms with E-state index in [1.165, 1.54) is 11.3 Å². The maximum absolute atomic E-state index is 12.3. The number of thiazole rings is 1. The molecule has 0 aliphatic heterocycles. The molecule has 28 heavy (non-hydrogen) atoms. The van der Waals surface area contributed by atoms with Crippen molar-refractivity contribution >= 4 is 33.1 Å². The number of nitrogens with zero attached hydrogens (tertiary/aromatic N) is 1. The third-order valence-electron chi connectivity index (χ3n) is 4.50. The Morgan fingerprint density at radius 1 is 1.11 bits per heavy atom. The molecule has 0 saturated carbocycles. The van der Waals surface area contributed by atoms with Crippen LogP contribution in [0.5, 0.6) is 11.5 Å². The third-order valence-corrected chi connectivity index (χ3v) is 5.42. The van der Waals surface area contributed by atoms with Gasteiger partial charge in [0.1, 0.15) is 0 Å². The van der Waals surface area contributed by atoms with Gasteiger partial charge in [-0.15, -0.1) is 0 Å². The normalized spacial score (nSPS) is 11.0. The number of carbonyl (C=O) groups is 1. The Morgan fingerprint density at radius 3 is 2.54 bits per heavy atom. The molecule has 1 heterocycles. The Bertz CT molecular complexity index is 1050. The summed E-state index contributed by atoms with van der Waals surface area (Å²) in [5.74, 6) is 1.23. The van der Waals surface area contributed by atoms with E-state index in [0.717, 1.165) is 15.8 Å². The molecular formula is C21H24N2O4S. The average molecular weight is 401 g/mol. The first-order valence-electron chi connectivity index (χ1n) is 9.08. The van der Waals surface area contributed by atoms with E-state index in [1.54, 1.807) is 18.8 Å². The number of benzene rings is 2. The van der Waals surface area contributed by atoms with E-state index in [9.17, 15) is 9.59 Å².